The number of benzene rings is 1. The van der Waals surface area contributed by atoms with Crippen molar-refractivity contribution in [2.75, 3.05) is 13.1 Å². The molecule has 2 atom stereocenters. The van der Waals surface area contributed by atoms with Crippen LogP contribution in [0.25, 0.3) is 11.0 Å². The quantitative estimate of drug-likeness (QED) is 0.906. The van der Waals surface area contributed by atoms with Crippen molar-refractivity contribution in [3.8, 4) is 0 Å². The summed E-state index contributed by atoms with van der Waals surface area (Å²) in [6.45, 7) is 2.64. The summed E-state index contributed by atoms with van der Waals surface area (Å²) in [7, 11) is 0. The van der Waals surface area contributed by atoms with Crippen molar-refractivity contribution in [1.29, 1.82) is 0 Å². The maximum atomic E-state index is 4.77. The van der Waals surface area contributed by atoms with E-state index in [1.54, 1.807) is 0 Å². The van der Waals surface area contributed by atoms with Crippen molar-refractivity contribution in [2.24, 2.45) is 5.92 Å². The number of aromatic amines is 1. The summed E-state index contributed by atoms with van der Waals surface area (Å²) in [5, 5.41) is 0. The first-order valence-corrected chi connectivity index (χ1v) is 8.08. The molecule has 0 bridgehead atoms. The summed E-state index contributed by atoms with van der Waals surface area (Å²) in [6, 6.07) is 9.18. The molecule has 0 amide bonds. The molecule has 0 unspecified atom stereocenters. The SMILES string of the molecule is c1ccc2[nH]c(C[C@H]3CCCN4CCCC[C@H]34)nc2c1. The maximum Gasteiger partial charge on any atom is 0.107 e. The van der Waals surface area contributed by atoms with Crippen LogP contribution in [0.1, 0.15) is 37.9 Å². The minimum atomic E-state index is 0.796. The molecule has 1 aromatic heterocycles. The third-order valence-corrected chi connectivity index (χ3v) is 5.12. The van der Waals surface area contributed by atoms with Gasteiger partial charge in [0.05, 0.1) is 11.0 Å². The fourth-order valence-corrected chi connectivity index (χ4v) is 4.17. The minimum absolute atomic E-state index is 0.796. The van der Waals surface area contributed by atoms with E-state index in [9.17, 15) is 0 Å². The molecular formula is C17H23N3. The van der Waals surface area contributed by atoms with Gasteiger partial charge in [0.1, 0.15) is 5.82 Å². The van der Waals surface area contributed by atoms with Crippen LogP contribution >= 0.6 is 0 Å². The van der Waals surface area contributed by atoms with Gasteiger partial charge in [-0.25, -0.2) is 4.98 Å². The average molecular weight is 269 g/mol. The van der Waals surface area contributed by atoms with Crippen molar-refractivity contribution in [3.63, 3.8) is 0 Å². The lowest BCUT2D eigenvalue weighted by atomic mass is 9.81. The highest BCUT2D eigenvalue weighted by atomic mass is 15.2. The molecule has 0 spiro atoms. The van der Waals surface area contributed by atoms with Crippen LogP contribution in [0.15, 0.2) is 24.3 Å². The number of fused-ring (bicyclic) bond motifs is 2. The first-order valence-electron chi connectivity index (χ1n) is 8.08. The second-order valence-corrected chi connectivity index (χ2v) is 6.41. The summed E-state index contributed by atoms with van der Waals surface area (Å²) < 4.78 is 0. The molecule has 1 aromatic carbocycles. The molecule has 3 heterocycles. The van der Waals surface area contributed by atoms with Gasteiger partial charge in [0.25, 0.3) is 0 Å². The fraction of sp³-hybridized carbons (Fsp3) is 0.588. The molecule has 0 aliphatic carbocycles. The number of nitrogens with zero attached hydrogens (tertiary/aromatic N) is 2. The molecular weight excluding hydrogens is 246 g/mol. The van der Waals surface area contributed by atoms with Gasteiger partial charge in [0.2, 0.25) is 0 Å². The van der Waals surface area contributed by atoms with Crippen LogP contribution in [-0.4, -0.2) is 34.0 Å². The van der Waals surface area contributed by atoms with Crippen molar-refractivity contribution in [2.45, 2.75) is 44.6 Å². The molecule has 2 saturated heterocycles. The number of para-hydroxylation sites is 2. The molecule has 0 radical (unpaired) electrons. The molecule has 2 aliphatic rings. The predicted octanol–water partition coefficient (Wildman–Crippen LogP) is 3.37. The van der Waals surface area contributed by atoms with Crippen LogP contribution in [0.2, 0.25) is 0 Å². The van der Waals surface area contributed by atoms with Crippen LogP contribution < -0.4 is 0 Å². The van der Waals surface area contributed by atoms with Crippen LogP contribution in [-0.2, 0) is 6.42 Å². The highest BCUT2D eigenvalue weighted by molar-refractivity contribution is 5.74. The van der Waals surface area contributed by atoms with Gasteiger partial charge in [-0.2, -0.15) is 0 Å². The van der Waals surface area contributed by atoms with E-state index in [0.29, 0.717) is 0 Å². The Hall–Kier alpha value is -1.35. The molecule has 2 aromatic rings. The first-order chi connectivity index (χ1) is 9.90. The van der Waals surface area contributed by atoms with E-state index in [2.05, 4.69) is 34.1 Å². The molecule has 3 heteroatoms. The lowest BCUT2D eigenvalue weighted by molar-refractivity contribution is 0.0590. The summed E-state index contributed by atoms with van der Waals surface area (Å²) in [5.74, 6) is 1.98. The Labute approximate surface area is 120 Å². The molecule has 4 rings (SSSR count). The lowest BCUT2D eigenvalue weighted by Crippen LogP contribution is -2.48. The number of hydrogen-bond acceptors (Lipinski definition) is 2. The molecule has 2 fully saturated rings. The number of H-pyrrole nitrogens is 1. The molecule has 0 saturated carbocycles. The van der Waals surface area contributed by atoms with Gasteiger partial charge in [0, 0.05) is 12.5 Å². The van der Waals surface area contributed by atoms with Crippen LogP contribution in [0.3, 0.4) is 0 Å². The Morgan fingerprint density at radius 3 is 2.95 bits per heavy atom. The number of hydrogen-bond donors (Lipinski definition) is 1. The summed E-state index contributed by atoms with van der Waals surface area (Å²) >= 11 is 0. The normalized spacial score (nSPS) is 27.6. The number of nitrogens with one attached hydrogen (secondary N) is 1. The van der Waals surface area contributed by atoms with Gasteiger partial charge < -0.3 is 9.88 Å². The van der Waals surface area contributed by atoms with Crippen molar-refractivity contribution in [3.05, 3.63) is 30.1 Å². The molecule has 106 valence electrons. The number of piperidine rings is 2. The zero-order valence-electron chi connectivity index (χ0n) is 12.0. The number of rotatable bonds is 2. The van der Waals surface area contributed by atoms with Gasteiger partial charge in [-0.1, -0.05) is 18.6 Å². The zero-order valence-corrected chi connectivity index (χ0v) is 12.0. The van der Waals surface area contributed by atoms with Crippen molar-refractivity contribution in [1.82, 2.24) is 14.9 Å². The van der Waals surface area contributed by atoms with E-state index < -0.39 is 0 Å². The average Bonchev–Trinajstić information content (AvgIpc) is 2.90. The highest BCUT2D eigenvalue weighted by Crippen LogP contribution is 2.32. The third-order valence-electron chi connectivity index (χ3n) is 5.12. The van der Waals surface area contributed by atoms with Crippen LogP contribution in [0.4, 0.5) is 0 Å². The van der Waals surface area contributed by atoms with Gasteiger partial charge in [-0.05, 0) is 56.8 Å². The smallest absolute Gasteiger partial charge is 0.107 e. The van der Waals surface area contributed by atoms with E-state index in [-0.39, 0.29) is 0 Å². The molecule has 2 aliphatic heterocycles. The van der Waals surface area contributed by atoms with Crippen LogP contribution in [0, 0.1) is 5.92 Å². The summed E-state index contributed by atoms with van der Waals surface area (Å²) in [4.78, 5) is 11.0. The van der Waals surface area contributed by atoms with Gasteiger partial charge in [-0.3, -0.25) is 0 Å². The van der Waals surface area contributed by atoms with E-state index in [0.717, 1.165) is 23.9 Å². The number of aromatic nitrogens is 2. The topological polar surface area (TPSA) is 31.9 Å². The monoisotopic (exact) mass is 269 g/mol. The van der Waals surface area contributed by atoms with E-state index >= 15 is 0 Å². The summed E-state index contributed by atoms with van der Waals surface area (Å²) in [5.41, 5.74) is 2.29. The van der Waals surface area contributed by atoms with Gasteiger partial charge in [0.15, 0.2) is 0 Å². The van der Waals surface area contributed by atoms with E-state index in [1.165, 1.54) is 56.5 Å². The first kappa shape index (κ1) is 12.4. The largest absolute Gasteiger partial charge is 0.342 e. The standard InChI is InChI=1S/C17H23N3/c1-2-8-15-14(7-1)18-17(19-15)12-13-6-5-11-20-10-4-3-9-16(13)20/h1-2,7-8,13,16H,3-6,9-12H2,(H,18,19)/t13-,16-/m1/s1. The van der Waals surface area contributed by atoms with Crippen LogP contribution in [0.5, 0.6) is 0 Å². The third kappa shape index (κ3) is 2.24. The zero-order chi connectivity index (χ0) is 13.4. The molecule has 3 nitrogen and oxygen atoms in total. The highest BCUT2D eigenvalue weighted by Gasteiger charge is 2.33. The van der Waals surface area contributed by atoms with E-state index in [4.69, 9.17) is 4.98 Å². The Morgan fingerprint density at radius 2 is 2.00 bits per heavy atom. The molecule has 20 heavy (non-hydrogen) atoms. The maximum absolute atomic E-state index is 4.77. The number of imidazole rings is 1. The Bertz CT molecular complexity index is 554. The van der Waals surface area contributed by atoms with Crippen molar-refractivity contribution < 1.29 is 0 Å². The Morgan fingerprint density at radius 1 is 1.10 bits per heavy atom. The Balaban J connectivity index is 1.54. The van der Waals surface area contributed by atoms with E-state index in [1.807, 2.05) is 0 Å². The minimum Gasteiger partial charge on any atom is -0.342 e. The van der Waals surface area contributed by atoms with Crippen molar-refractivity contribution >= 4 is 11.0 Å². The second kappa shape index (κ2) is 5.21. The summed E-state index contributed by atoms with van der Waals surface area (Å²) in [6.07, 6.45) is 8.06. The lowest BCUT2D eigenvalue weighted by Gasteiger charge is -2.44. The van der Waals surface area contributed by atoms with Gasteiger partial charge in [-0.15, -0.1) is 0 Å². The second-order valence-electron chi connectivity index (χ2n) is 6.41. The fourth-order valence-electron chi connectivity index (χ4n) is 4.17. The predicted molar refractivity (Wildman–Crippen MR) is 81.7 cm³/mol. The Kier molecular flexibility index (Phi) is 3.23. The van der Waals surface area contributed by atoms with Gasteiger partial charge >= 0.3 is 0 Å². The molecule has 1 N–H and O–H groups in total.